The number of carbonyl (C=O) groups is 4. The molecule has 0 saturated carbocycles. The van der Waals surface area contributed by atoms with E-state index < -0.39 is 40.4 Å². The van der Waals surface area contributed by atoms with Gasteiger partial charge >= 0.3 is 18.2 Å². The number of unbranched alkanes of at least 4 members (excludes halogenated alkanes) is 1. The highest BCUT2D eigenvalue weighted by atomic mass is 16.6. The van der Waals surface area contributed by atoms with E-state index in [1.54, 1.807) is 25.7 Å². The number of carbonyl (C=O) groups excluding carboxylic acids is 3. The number of rotatable bonds is 16. The molecular formula is C28H54N4O7. The van der Waals surface area contributed by atoms with E-state index in [0.717, 1.165) is 19.4 Å². The van der Waals surface area contributed by atoms with Crippen LogP contribution >= 0.6 is 0 Å². The Morgan fingerprint density at radius 1 is 0.667 bits per heavy atom. The molecule has 0 spiro atoms. The van der Waals surface area contributed by atoms with Crippen LogP contribution in [0.4, 0.5) is 9.59 Å². The lowest BCUT2D eigenvalue weighted by Gasteiger charge is -2.31. The van der Waals surface area contributed by atoms with Crippen molar-refractivity contribution in [2.24, 2.45) is 0 Å². The summed E-state index contributed by atoms with van der Waals surface area (Å²) in [6, 6.07) is 0. The molecule has 0 saturated heterocycles. The van der Waals surface area contributed by atoms with E-state index in [2.05, 4.69) is 16.0 Å². The normalized spacial score (nSPS) is 12.5. The molecule has 0 heterocycles. The molecule has 11 heteroatoms. The molecule has 3 amide bonds. The van der Waals surface area contributed by atoms with Gasteiger partial charge in [-0.05, 0) is 108 Å². The van der Waals surface area contributed by atoms with Gasteiger partial charge in [0.1, 0.15) is 11.2 Å². The van der Waals surface area contributed by atoms with E-state index in [-0.39, 0.29) is 18.7 Å². The molecule has 228 valence electrons. The number of carboxylic acids is 1. The van der Waals surface area contributed by atoms with E-state index in [1.807, 2.05) is 48.5 Å². The third kappa shape index (κ3) is 21.0. The first-order chi connectivity index (χ1) is 17.6. The fourth-order valence-electron chi connectivity index (χ4n) is 3.51. The van der Waals surface area contributed by atoms with E-state index in [9.17, 15) is 19.2 Å². The number of carboxylic acid groups (broad SMARTS) is 1. The van der Waals surface area contributed by atoms with Gasteiger partial charge in [-0.25, -0.2) is 9.59 Å². The molecule has 39 heavy (non-hydrogen) atoms. The number of nitrogens with one attached hydrogen (secondary N) is 3. The first-order valence-corrected chi connectivity index (χ1v) is 13.8. The van der Waals surface area contributed by atoms with Crippen molar-refractivity contribution in [2.45, 2.75) is 130 Å². The van der Waals surface area contributed by atoms with Crippen molar-refractivity contribution in [1.82, 2.24) is 20.9 Å². The third-order valence-corrected chi connectivity index (χ3v) is 5.55. The van der Waals surface area contributed by atoms with E-state index in [1.165, 1.54) is 0 Å². The monoisotopic (exact) mass is 558 g/mol. The average Bonchev–Trinajstić information content (AvgIpc) is 2.69. The Morgan fingerprint density at radius 3 is 1.62 bits per heavy atom. The van der Waals surface area contributed by atoms with Gasteiger partial charge in [-0.15, -0.1) is 0 Å². The number of nitrogens with zero attached hydrogens (tertiary/aromatic N) is 1. The topological polar surface area (TPSA) is 146 Å². The van der Waals surface area contributed by atoms with Gasteiger partial charge in [-0.3, -0.25) is 9.59 Å². The lowest BCUT2D eigenvalue weighted by atomic mass is 10.0. The summed E-state index contributed by atoms with van der Waals surface area (Å²) in [5.41, 5.74) is -2.21. The Balaban J connectivity index is 4.65. The van der Waals surface area contributed by atoms with Gasteiger partial charge in [0.05, 0.1) is 6.42 Å². The molecule has 4 N–H and O–H groups in total. The first-order valence-electron chi connectivity index (χ1n) is 13.8. The Hall–Kier alpha value is -2.56. The largest absolute Gasteiger partial charge is 0.481 e. The molecule has 0 fully saturated rings. The second-order valence-electron chi connectivity index (χ2n) is 13.3. The Morgan fingerprint density at radius 2 is 1.15 bits per heavy atom. The summed E-state index contributed by atoms with van der Waals surface area (Å²) < 4.78 is 10.7. The average molecular weight is 559 g/mol. The number of aliphatic carboxylic acids is 1. The summed E-state index contributed by atoms with van der Waals surface area (Å²) in [6.07, 6.45) is 1.52. The number of ether oxygens (including phenoxy) is 2. The molecular weight excluding hydrogens is 504 g/mol. The first kappa shape index (κ1) is 36.4. The Labute approximate surface area is 235 Å². The van der Waals surface area contributed by atoms with Gasteiger partial charge in [0.15, 0.2) is 0 Å². The molecule has 0 aromatic carbocycles. The zero-order valence-corrected chi connectivity index (χ0v) is 25.9. The molecule has 0 rings (SSSR count). The van der Waals surface area contributed by atoms with Gasteiger partial charge in [0.2, 0.25) is 5.91 Å². The zero-order chi connectivity index (χ0) is 30.5. The lowest BCUT2D eigenvalue weighted by molar-refractivity contribution is -0.141. The maximum atomic E-state index is 12.7. The predicted octanol–water partition coefficient (Wildman–Crippen LogP) is 4.44. The van der Waals surface area contributed by atoms with E-state index in [4.69, 9.17) is 14.6 Å². The molecule has 0 atom stereocenters. The highest BCUT2D eigenvalue weighted by molar-refractivity contribution is 5.80. The van der Waals surface area contributed by atoms with Gasteiger partial charge in [-0.2, -0.15) is 0 Å². The summed E-state index contributed by atoms with van der Waals surface area (Å²) in [5.74, 6) is -1.23. The summed E-state index contributed by atoms with van der Waals surface area (Å²) in [5, 5.41) is 18.1. The summed E-state index contributed by atoms with van der Waals surface area (Å²) in [7, 11) is 0. The Bertz CT molecular complexity index is 799. The smallest absolute Gasteiger partial charge is 0.408 e. The van der Waals surface area contributed by atoms with Crippen LogP contribution in [0.25, 0.3) is 0 Å². The van der Waals surface area contributed by atoms with Crippen molar-refractivity contribution >= 4 is 24.1 Å². The van der Waals surface area contributed by atoms with Crippen LogP contribution in [0.3, 0.4) is 0 Å². The van der Waals surface area contributed by atoms with Crippen LogP contribution in [0.1, 0.15) is 108 Å². The van der Waals surface area contributed by atoms with Crippen molar-refractivity contribution in [3.05, 3.63) is 0 Å². The molecule has 0 aromatic rings. The summed E-state index contributed by atoms with van der Waals surface area (Å²) in [4.78, 5) is 49.6. The van der Waals surface area contributed by atoms with E-state index >= 15 is 0 Å². The molecule has 0 unspecified atom stereocenters. The maximum absolute atomic E-state index is 12.7. The minimum absolute atomic E-state index is 0.0623. The van der Waals surface area contributed by atoms with Gasteiger partial charge in [-0.1, -0.05) is 0 Å². The zero-order valence-electron chi connectivity index (χ0n) is 25.9. The SMILES string of the molecule is CC(C)(CCNCCCCN(CCC(C)(C)NC(=O)OC(C)(C)C)C(=O)CCC(=O)O)NC(=O)OC(C)(C)C. The van der Waals surface area contributed by atoms with Crippen LogP contribution in [0.2, 0.25) is 0 Å². The van der Waals surface area contributed by atoms with Crippen LogP contribution in [-0.2, 0) is 19.1 Å². The molecule has 0 bridgehead atoms. The van der Waals surface area contributed by atoms with Crippen molar-refractivity contribution in [1.29, 1.82) is 0 Å². The standard InChI is InChI=1S/C28H54N4O7/c1-25(2,3)38-23(36)30-27(7,8)15-18-29-17-11-12-19-32(21(33)13-14-22(34)35)20-16-28(9,10)31-24(37)39-26(4,5)6/h29H,11-20H2,1-10H3,(H,30,36)(H,31,37)(H,34,35). The highest BCUT2D eigenvalue weighted by Gasteiger charge is 2.27. The maximum Gasteiger partial charge on any atom is 0.408 e. The molecule has 0 aromatic heterocycles. The second-order valence-corrected chi connectivity index (χ2v) is 13.3. The number of hydrogen-bond acceptors (Lipinski definition) is 7. The minimum Gasteiger partial charge on any atom is -0.481 e. The highest BCUT2D eigenvalue weighted by Crippen LogP contribution is 2.15. The van der Waals surface area contributed by atoms with Crippen LogP contribution in [0, 0.1) is 0 Å². The molecule has 0 radical (unpaired) electrons. The number of hydrogen-bond donors (Lipinski definition) is 4. The van der Waals surface area contributed by atoms with Crippen LogP contribution < -0.4 is 16.0 Å². The summed E-state index contributed by atoms with van der Waals surface area (Å²) >= 11 is 0. The number of amides is 3. The van der Waals surface area contributed by atoms with Crippen LogP contribution in [-0.4, -0.2) is 82.5 Å². The fraction of sp³-hybridized carbons (Fsp3) is 0.857. The van der Waals surface area contributed by atoms with E-state index in [0.29, 0.717) is 32.5 Å². The summed E-state index contributed by atoms with van der Waals surface area (Å²) in [6.45, 7) is 20.8. The Kier molecular flexibility index (Phi) is 14.8. The van der Waals surface area contributed by atoms with Crippen molar-refractivity contribution in [3.63, 3.8) is 0 Å². The predicted molar refractivity (Wildman–Crippen MR) is 152 cm³/mol. The molecule has 0 aliphatic rings. The second kappa shape index (κ2) is 15.9. The van der Waals surface area contributed by atoms with Gasteiger partial charge in [0.25, 0.3) is 0 Å². The molecule has 0 aliphatic heterocycles. The van der Waals surface area contributed by atoms with Crippen molar-refractivity contribution in [3.8, 4) is 0 Å². The van der Waals surface area contributed by atoms with Gasteiger partial charge < -0.3 is 35.4 Å². The minimum atomic E-state index is -1.01. The van der Waals surface area contributed by atoms with Crippen LogP contribution in [0.5, 0.6) is 0 Å². The third-order valence-electron chi connectivity index (χ3n) is 5.55. The van der Waals surface area contributed by atoms with Gasteiger partial charge in [0, 0.05) is 30.6 Å². The van der Waals surface area contributed by atoms with Crippen LogP contribution in [0.15, 0.2) is 0 Å². The lowest BCUT2D eigenvalue weighted by Crippen LogP contribution is -2.48. The molecule has 11 nitrogen and oxygen atoms in total. The van der Waals surface area contributed by atoms with Crippen molar-refractivity contribution < 1.29 is 33.8 Å². The fourth-order valence-corrected chi connectivity index (χ4v) is 3.51. The molecule has 0 aliphatic carbocycles. The number of alkyl carbamates (subject to hydrolysis) is 2. The quantitative estimate of drug-likeness (QED) is 0.203. The van der Waals surface area contributed by atoms with Crippen molar-refractivity contribution in [2.75, 3.05) is 26.2 Å².